The summed E-state index contributed by atoms with van der Waals surface area (Å²) in [6.07, 6.45) is 2.36. The molecule has 0 spiro atoms. The van der Waals surface area contributed by atoms with Gasteiger partial charge in [0.05, 0.1) is 6.42 Å². The minimum atomic E-state index is -0.0624. The number of nitrogens with one attached hydrogen (secondary N) is 1. The van der Waals surface area contributed by atoms with E-state index in [9.17, 15) is 4.79 Å². The Hall–Kier alpha value is -1.40. The highest BCUT2D eigenvalue weighted by atomic mass is 32.2. The summed E-state index contributed by atoms with van der Waals surface area (Å²) in [6, 6.07) is 7.90. The lowest BCUT2D eigenvalue weighted by Crippen LogP contribution is -2.14. The summed E-state index contributed by atoms with van der Waals surface area (Å²) < 4.78 is 0. The van der Waals surface area contributed by atoms with Crippen LogP contribution in [0.2, 0.25) is 0 Å². The fourth-order valence-corrected chi connectivity index (χ4v) is 2.76. The van der Waals surface area contributed by atoms with Crippen molar-refractivity contribution in [3.05, 3.63) is 34.8 Å². The average molecular weight is 279 g/mol. The van der Waals surface area contributed by atoms with Gasteiger partial charge in [-0.25, -0.2) is 0 Å². The first-order chi connectivity index (χ1) is 8.69. The smallest absolute Gasteiger partial charge is 0.230 e. The summed E-state index contributed by atoms with van der Waals surface area (Å²) in [6.45, 7) is 1.86. The third-order valence-electron chi connectivity index (χ3n) is 2.32. The van der Waals surface area contributed by atoms with Gasteiger partial charge in [0.15, 0.2) is 0 Å². The van der Waals surface area contributed by atoms with Gasteiger partial charge in [-0.2, -0.15) is 0 Å². The maximum Gasteiger partial charge on any atom is 0.230 e. The Morgan fingerprint density at radius 1 is 1.39 bits per heavy atom. The average Bonchev–Trinajstić information content (AvgIpc) is 2.75. The number of aromatic nitrogens is 2. The first-order valence-electron chi connectivity index (χ1n) is 5.41. The van der Waals surface area contributed by atoms with E-state index in [-0.39, 0.29) is 5.91 Å². The number of nitrogens with zero attached hydrogens (tertiary/aromatic N) is 2. The van der Waals surface area contributed by atoms with E-state index in [2.05, 4.69) is 15.5 Å². The number of rotatable bonds is 4. The van der Waals surface area contributed by atoms with Crippen LogP contribution in [0.15, 0.2) is 29.2 Å². The lowest BCUT2D eigenvalue weighted by atomic mass is 10.1. The molecule has 0 atom stereocenters. The van der Waals surface area contributed by atoms with Crippen molar-refractivity contribution in [2.45, 2.75) is 18.2 Å². The molecule has 0 saturated heterocycles. The molecular weight excluding hydrogens is 266 g/mol. The van der Waals surface area contributed by atoms with Crippen LogP contribution in [0.25, 0.3) is 0 Å². The maximum atomic E-state index is 11.9. The normalized spacial score (nSPS) is 10.3. The summed E-state index contributed by atoms with van der Waals surface area (Å²) in [7, 11) is 0. The van der Waals surface area contributed by atoms with Crippen molar-refractivity contribution in [3.8, 4) is 0 Å². The van der Waals surface area contributed by atoms with E-state index in [0.29, 0.717) is 11.6 Å². The zero-order valence-electron chi connectivity index (χ0n) is 10.1. The second-order valence-electron chi connectivity index (χ2n) is 3.66. The molecule has 0 unspecified atom stereocenters. The Morgan fingerprint density at radius 3 is 2.83 bits per heavy atom. The zero-order chi connectivity index (χ0) is 13.0. The molecule has 1 heterocycles. The maximum absolute atomic E-state index is 11.9. The molecule has 0 bridgehead atoms. The van der Waals surface area contributed by atoms with Gasteiger partial charge in [0.2, 0.25) is 11.0 Å². The zero-order valence-corrected chi connectivity index (χ0v) is 11.8. The molecule has 2 aromatic rings. The lowest BCUT2D eigenvalue weighted by molar-refractivity contribution is -0.115. The lowest BCUT2D eigenvalue weighted by Gasteiger charge is -2.06. The van der Waals surface area contributed by atoms with E-state index in [1.807, 2.05) is 37.4 Å². The second kappa shape index (κ2) is 5.97. The summed E-state index contributed by atoms with van der Waals surface area (Å²) in [5.41, 5.74) is 1.03. The summed E-state index contributed by atoms with van der Waals surface area (Å²) in [5.74, 6) is -0.0624. The van der Waals surface area contributed by atoms with Crippen LogP contribution in [-0.2, 0) is 11.2 Å². The molecule has 0 fully saturated rings. The predicted molar refractivity (Wildman–Crippen MR) is 75.2 cm³/mol. The van der Waals surface area contributed by atoms with E-state index in [0.717, 1.165) is 15.5 Å². The van der Waals surface area contributed by atoms with Crippen molar-refractivity contribution < 1.29 is 4.79 Å². The van der Waals surface area contributed by atoms with Gasteiger partial charge < -0.3 is 5.32 Å². The standard InChI is InChI=1S/C12H13N3OS2/c1-8-14-15-12(18-8)13-11(16)7-9-5-3-4-6-10(9)17-2/h3-6H,7H2,1-2H3,(H,13,15,16). The van der Waals surface area contributed by atoms with Gasteiger partial charge in [0.1, 0.15) is 5.01 Å². The molecule has 94 valence electrons. The van der Waals surface area contributed by atoms with Crippen molar-refractivity contribution >= 4 is 34.1 Å². The molecule has 1 aromatic carbocycles. The number of benzene rings is 1. The molecule has 0 radical (unpaired) electrons. The van der Waals surface area contributed by atoms with Crippen LogP contribution in [-0.4, -0.2) is 22.4 Å². The van der Waals surface area contributed by atoms with Gasteiger partial charge in [0, 0.05) is 4.90 Å². The topological polar surface area (TPSA) is 54.9 Å². The predicted octanol–water partition coefficient (Wildman–Crippen LogP) is 2.75. The highest BCUT2D eigenvalue weighted by molar-refractivity contribution is 7.98. The largest absolute Gasteiger partial charge is 0.300 e. The van der Waals surface area contributed by atoms with Crippen molar-refractivity contribution in [1.82, 2.24) is 10.2 Å². The van der Waals surface area contributed by atoms with Crippen molar-refractivity contribution in [1.29, 1.82) is 0 Å². The number of thioether (sulfide) groups is 1. The van der Waals surface area contributed by atoms with Crippen molar-refractivity contribution in [2.24, 2.45) is 0 Å². The number of anilines is 1. The van der Waals surface area contributed by atoms with Crippen LogP contribution in [0.4, 0.5) is 5.13 Å². The van der Waals surface area contributed by atoms with Crippen LogP contribution < -0.4 is 5.32 Å². The third kappa shape index (κ3) is 3.30. The van der Waals surface area contributed by atoms with Gasteiger partial charge in [-0.05, 0) is 24.8 Å². The number of aryl methyl sites for hydroxylation is 1. The molecule has 1 N–H and O–H groups in total. The highest BCUT2D eigenvalue weighted by Gasteiger charge is 2.09. The molecule has 0 aliphatic rings. The Labute approximate surface area is 114 Å². The Morgan fingerprint density at radius 2 is 2.17 bits per heavy atom. The van der Waals surface area contributed by atoms with E-state index in [4.69, 9.17) is 0 Å². The quantitative estimate of drug-likeness (QED) is 0.874. The van der Waals surface area contributed by atoms with Crippen molar-refractivity contribution in [3.63, 3.8) is 0 Å². The molecular formula is C12H13N3OS2. The Kier molecular flexibility index (Phi) is 4.33. The Bertz CT molecular complexity index is 554. The van der Waals surface area contributed by atoms with Gasteiger partial charge in [-0.15, -0.1) is 22.0 Å². The fraction of sp³-hybridized carbons (Fsp3) is 0.250. The van der Waals surface area contributed by atoms with Crippen LogP contribution >= 0.6 is 23.1 Å². The van der Waals surface area contributed by atoms with E-state index >= 15 is 0 Å². The molecule has 0 aliphatic heterocycles. The van der Waals surface area contributed by atoms with Gasteiger partial charge in [0.25, 0.3) is 0 Å². The molecule has 0 saturated carbocycles. The van der Waals surface area contributed by atoms with Gasteiger partial charge in [-0.3, -0.25) is 4.79 Å². The van der Waals surface area contributed by atoms with Crippen LogP contribution in [0.5, 0.6) is 0 Å². The minimum absolute atomic E-state index is 0.0624. The second-order valence-corrected chi connectivity index (χ2v) is 5.69. The van der Waals surface area contributed by atoms with E-state index in [1.165, 1.54) is 11.3 Å². The first kappa shape index (κ1) is 13.0. The molecule has 4 nitrogen and oxygen atoms in total. The summed E-state index contributed by atoms with van der Waals surface area (Å²) >= 11 is 3.02. The van der Waals surface area contributed by atoms with Crippen LogP contribution in [0.1, 0.15) is 10.6 Å². The molecule has 1 amide bonds. The number of hydrogen-bond acceptors (Lipinski definition) is 5. The fourth-order valence-electron chi connectivity index (χ4n) is 1.53. The monoisotopic (exact) mass is 279 g/mol. The number of hydrogen-bond donors (Lipinski definition) is 1. The summed E-state index contributed by atoms with van der Waals surface area (Å²) in [5, 5.41) is 11.9. The molecule has 6 heteroatoms. The van der Waals surface area contributed by atoms with Gasteiger partial charge in [-0.1, -0.05) is 29.5 Å². The first-order valence-corrected chi connectivity index (χ1v) is 7.45. The molecule has 18 heavy (non-hydrogen) atoms. The minimum Gasteiger partial charge on any atom is -0.300 e. The number of amides is 1. The van der Waals surface area contributed by atoms with Crippen LogP contribution in [0.3, 0.4) is 0 Å². The van der Waals surface area contributed by atoms with Crippen molar-refractivity contribution in [2.75, 3.05) is 11.6 Å². The third-order valence-corrected chi connectivity index (χ3v) is 3.91. The van der Waals surface area contributed by atoms with Crippen LogP contribution in [0, 0.1) is 6.92 Å². The molecule has 1 aromatic heterocycles. The number of carbonyl (C=O) groups excluding carboxylic acids is 1. The van der Waals surface area contributed by atoms with E-state index < -0.39 is 0 Å². The molecule has 2 rings (SSSR count). The molecule has 0 aliphatic carbocycles. The summed E-state index contributed by atoms with van der Waals surface area (Å²) in [4.78, 5) is 13.0. The van der Waals surface area contributed by atoms with E-state index in [1.54, 1.807) is 11.8 Å². The highest BCUT2D eigenvalue weighted by Crippen LogP contribution is 2.21. The Balaban J connectivity index is 2.03. The SMILES string of the molecule is CSc1ccccc1CC(=O)Nc1nnc(C)s1. The van der Waals surface area contributed by atoms with Gasteiger partial charge >= 0.3 is 0 Å². The number of carbonyl (C=O) groups is 1.